The first-order valence-corrected chi connectivity index (χ1v) is 6.35. The molecule has 0 saturated heterocycles. The molecule has 0 aliphatic heterocycles. The third kappa shape index (κ3) is 3.42. The molecule has 8 heteroatoms. The monoisotopic (exact) mass is 289 g/mol. The van der Waals surface area contributed by atoms with Crippen LogP contribution in [0.25, 0.3) is 5.69 Å². The molecule has 1 aromatic carbocycles. The topological polar surface area (TPSA) is 102 Å². The summed E-state index contributed by atoms with van der Waals surface area (Å²) in [5.41, 5.74) is 0.228. The first kappa shape index (κ1) is 14.7. The summed E-state index contributed by atoms with van der Waals surface area (Å²) in [5.74, 6) is 0. The van der Waals surface area contributed by atoms with Gasteiger partial charge in [-0.05, 0) is 25.2 Å². The van der Waals surface area contributed by atoms with E-state index in [0.717, 1.165) is 11.2 Å². The van der Waals surface area contributed by atoms with E-state index in [-0.39, 0.29) is 11.4 Å². The Morgan fingerprint density at radius 2 is 2.14 bits per heavy atom. The maximum Gasteiger partial charge on any atom is 0.295 e. The van der Waals surface area contributed by atoms with Gasteiger partial charge in [-0.1, -0.05) is 0 Å². The lowest BCUT2D eigenvalue weighted by Crippen LogP contribution is -2.21. The van der Waals surface area contributed by atoms with E-state index in [1.54, 1.807) is 12.1 Å². The van der Waals surface area contributed by atoms with Gasteiger partial charge in [0.2, 0.25) is 0 Å². The highest BCUT2D eigenvalue weighted by Crippen LogP contribution is 2.24. The van der Waals surface area contributed by atoms with Crippen molar-refractivity contribution in [1.29, 1.82) is 0 Å². The number of anilines is 1. The molecule has 1 aromatic heterocycles. The second-order valence-electron chi connectivity index (χ2n) is 4.26. The number of hydrogen-bond acceptors (Lipinski definition) is 6. The third-order valence-electron chi connectivity index (χ3n) is 2.82. The van der Waals surface area contributed by atoms with Crippen molar-refractivity contribution in [3.63, 3.8) is 0 Å². The van der Waals surface area contributed by atoms with Gasteiger partial charge < -0.3 is 10.6 Å². The van der Waals surface area contributed by atoms with Crippen LogP contribution in [0.2, 0.25) is 0 Å². The zero-order valence-corrected chi connectivity index (χ0v) is 11.4. The molecule has 0 amide bonds. The average molecular weight is 289 g/mol. The quantitative estimate of drug-likeness (QED) is 0.462. The highest BCUT2D eigenvalue weighted by Gasteiger charge is 2.17. The zero-order chi connectivity index (χ0) is 15.2. The van der Waals surface area contributed by atoms with Crippen molar-refractivity contribution in [3.8, 4) is 5.69 Å². The number of nitro benzene ring substituents is 1. The molecule has 0 radical (unpaired) electrons. The lowest BCUT2D eigenvalue weighted by molar-refractivity contribution is -0.384. The molecule has 2 aromatic rings. The van der Waals surface area contributed by atoms with Crippen LogP contribution in [-0.4, -0.2) is 34.8 Å². The minimum absolute atomic E-state index is 0.139. The number of hydrogen-bond donors (Lipinski definition) is 2. The van der Waals surface area contributed by atoms with E-state index in [2.05, 4.69) is 15.7 Å². The highest BCUT2D eigenvalue weighted by molar-refractivity contribution is 5.61. The number of benzene rings is 1. The predicted octanol–water partition coefficient (Wildman–Crippen LogP) is 0.772. The van der Waals surface area contributed by atoms with Crippen LogP contribution in [0.3, 0.4) is 0 Å². The molecule has 0 bridgehead atoms. The number of aromatic nitrogens is 2. The molecule has 2 N–H and O–H groups in total. The van der Waals surface area contributed by atoms with E-state index in [0.29, 0.717) is 12.2 Å². The van der Waals surface area contributed by atoms with E-state index in [9.17, 15) is 14.9 Å². The molecular weight excluding hydrogens is 274 g/mol. The Morgan fingerprint density at radius 3 is 2.81 bits per heavy atom. The van der Waals surface area contributed by atoms with Crippen LogP contribution in [0.1, 0.15) is 0 Å². The molecule has 21 heavy (non-hydrogen) atoms. The maximum atomic E-state index is 11.8. The molecule has 110 valence electrons. The van der Waals surface area contributed by atoms with Crippen LogP contribution in [0.15, 0.2) is 41.3 Å². The fraction of sp³-hybridized carbons (Fsp3) is 0.231. The summed E-state index contributed by atoms with van der Waals surface area (Å²) in [5, 5.41) is 21.1. The number of rotatable bonds is 6. The summed E-state index contributed by atoms with van der Waals surface area (Å²) in [7, 11) is 1.83. The van der Waals surface area contributed by atoms with Crippen molar-refractivity contribution >= 4 is 11.4 Å². The zero-order valence-electron chi connectivity index (χ0n) is 11.4. The summed E-state index contributed by atoms with van der Waals surface area (Å²) in [6, 6.07) is 7.29. The third-order valence-corrected chi connectivity index (χ3v) is 2.82. The fourth-order valence-corrected chi connectivity index (χ4v) is 1.83. The van der Waals surface area contributed by atoms with Crippen molar-refractivity contribution in [1.82, 2.24) is 15.1 Å². The molecular formula is C13H15N5O3. The fourth-order valence-electron chi connectivity index (χ4n) is 1.83. The summed E-state index contributed by atoms with van der Waals surface area (Å²) >= 11 is 0. The maximum absolute atomic E-state index is 11.8. The largest absolute Gasteiger partial charge is 0.384 e. The van der Waals surface area contributed by atoms with Gasteiger partial charge in [0.15, 0.2) is 0 Å². The standard InChI is InChI=1S/C13H15N5O3/c1-14-7-8-15-10-4-5-11(18(20)21)12(9-10)17-13(19)3-2-6-16-17/h2-6,9,14-15H,7-8H2,1H3. The predicted molar refractivity (Wildman–Crippen MR) is 78.9 cm³/mol. The summed E-state index contributed by atoms with van der Waals surface area (Å²) < 4.78 is 1.02. The second-order valence-corrected chi connectivity index (χ2v) is 4.26. The smallest absolute Gasteiger partial charge is 0.295 e. The molecule has 0 unspecified atom stereocenters. The molecule has 0 aliphatic rings. The molecule has 0 atom stereocenters. The van der Waals surface area contributed by atoms with Crippen molar-refractivity contribution in [2.75, 3.05) is 25.5 Å². The van der Waals surface area contributed by atoms with Crippen LogP contribution in [-0.2, 0) is 0 Å². The van der Waals surface area contributed by atoms with E-state index < -0.39 is 10.5 Å². The Bertz CT molecular complexity index is 698. The van der Waals surface area contributed by atoms with Crippen molar-refractivity contribution in [3.05, 3.63) is 57.0 Å². The van der Waals surface area contributed by atoms with Crippen LogP contribution in [0.4, 0.5) is 11.4 Å². The van der Waals surface area contributed by atoms with E-state index in [1.807, 2.05) is 7.05 Å². The van der Waals surface area contributed by atoms with Gasteiger partial charge in [0.1, 0.15) is 5.69 Å². The van der Waals surface area contributed by atoms with E-state index in [4.69, 9.17) is 0 Å². The normalized spacial score (nSPS) is 10.3. The highest BCUT2D eigenvalue weighted by atomic mass is 16.6. The van der Waals surface area contributed by atoms with Crippen LogP contribution < -0.4 is 16.2 Å². The van der Waals surface area contributed by atoms with Gasteiger partial charge in [-0.2, -0.15) is 9.78 Å². The van der Waals surface area contributed by atoms with Gasteiger partial charge in [0.05, 0.1) is 4.92 Å². The molecule has 0 aliphatic carbocycles. The van der Waals surface area contributed by atoms with Crippen molar-refractivity contribution in [2.45, 2.75) is 0 Å². The SMILES string of the molecule is CNCCNc1ccc([N+](=O)[O-])c(-n2ncccc2=O)c1. The van der Waals surface area contributed by atoms with E-state index in [1.165, 1.54) is 24.4 Å². The van der Waals surface area contributed by atoms with Crippen molar-refractivity contribution < 1.29 is 4.92 Å². The summed E-state index contributed by atoms with van der Waals surface area (Å²) in [6.07, 6.45) is 1.41. The lowest BCUT2D eigenvalue weighted by atomic mass is 10.2. The molecule has 1 heterocycles. The minimum Gasteiger partial charge on any atom is -0.384 e. The van der Waals surface area contributed by atoms with Gasteiger partial charge >= 0.3 is 0 Å². The molecule has 0 saturated carbocycles. The van der Waals surface area contributed by atoms with Crippen LogP contribution in [0, 0.1) is 10.1 Å². The molecule has 0 spiro atoms. The lowest BCUT2D eigenvalue weighted by Gasteiger charge is -2.09. The van der Waals surface area contributed by atoms with Crippen LogP contribution in [0.5, 0.6) is 0 Å². The summed E-state index contributed by atoms with van der Waals surface area (Å²) in [6.45, 7) is 1.40. The van der Waals surface area contributed by atoms with Gasteiger partial charge in [0.25, 0.3) is 11.2 Å². The Kier molecular flexibility index (Phi) is 4.62. The number of nitro groups is 1. The number of nitrogens with zero attached hydrogens (tertiary/aromatic N) is 3. The van der Waals surface area contributed by atoms with Gasteiger partial charge in [-0.25, -0.2) is 0 Å². The molecule has 0 fully saturated rings. The Labute approximate surface area is 120 Å². The number of likely N-dealkylation sites (N-methyl/N-ethyl adjacent to an activating group) is 1. The molecule has 8 nitrogen and oxygen atoms in total. The first-order chi connectivity index (χ1) is 10.1. The first-order valence-electron chi connectivity index (χ1n) is 6.35. The Morgan fingerprint density at radius 1 is 1.33 bits per heavy atom. The van der Waals surface area contributed by atoms with Gasteiger partial charge in [0, 0.05) is 37.1 Å². The summed E-state index contributed by atoms with van der Waals surface area (Å²) in [4.78, 5) is 22.4. The van der Waals surface area contributed by atoms with Crippen LogP contribution >= 0.6 is 0 Å². The molecule has 2 rings (SSSR count). The number of nitrogens with one attached hydrogen (secondary N) is 2. The minimum atomic E-state index is -0.534. The Balaban J connectivity index is 2.45. The Hall–Kier alpha value is -2.74. The van der Waals surface area contributed by atoms with E-state index >= 15 is 0 Å². The van der Waals surface area contributed by atoms with Crippen molar-refractivity contribution in [2.24, 2.45) is 0 Å². The van der Waals surface area contributed by atoms with Gasteiger partial charge in [-0.3, -0.25) is 14.9 Å². The van der Waals surface area contributed by atoms with Gasteiger partial charge in [-0.15, -0.1) is 0 Å². The average Bonchev–Trinajstić information content (AvgIpc) is 2.48. The second kappa shape index (κ2) is 6.62.